The smallest absolute Gasteiger partial charge is 0.241 e. The van der Waals surface area contributed by atoms with Crippen LogP contribution in [0.2, 0.25) is 0 Å². The van der Waals surface area contributed by atoms with Crippen LogP contribution in [0.15, 0.2) is 36.4 Å². The first kappa shape index (κ1) is 35.8. The molecule has 0 spiro atoms. The van der Waals surface area contributed by atoms with Crippen LogP contribution in [0.1, 0.15) is 100 Å². The maximum atomic E-state index is 13.3. The number of nitrogens with one attached hydrogen (secondary N) is 1. The zero-order chi connectivity index (χ0) is 32.0. The van der Waals surface area contributed by atoms with Crippen LogP contribution in [0.25, 0.3) is 0 Å². The number of amides is 1. The second kappa shape index (κ2) is 18.3. The van der Waals surface area contributed by atoms with Gasteiger partial charge in [0, 0.05) is 17.7 Å². The summed E-state index contributed by atoms with van der Waals surface area (Å²) in [6, 6.07) is 12.2. The normalized spacial score (nSPS) is 16.8. The lowest BCUT2D eigenvalue weighted by Crippen LogP contribution is -2.52. The molecule has 1 amide bonds. The van der Waals surface area contributed by atoms with Gasteiger partial charge in [-0.25, -0.2) is 0 Å². The molecule has 1 heterocycles. The Morgan fingerprint density at radius 2 is 1.55 bits per heavy atom. The van der Waals surface area contributed by atoms with Crippen LogP contribution in [0, 0.1) is 20.8 Å². The van der Waals surface area contributed by atoms with E-state index >= 15 is 0 Å². The maximum Gasteiger partial charge on any atom is 0.241 e. The molecule has 3 rings (SSSR count). The number of unbranched alkanes of at least 4 members (excludes halogenated alkanes) is 5. The van der Waals surface area contributed by atoms with Crippen LogP contribution in [0.5, 0.6) is 5.75 Å². The number of carbonyl (C=O) groups is 2. The average molecular weight is 607 g/mol. The lowest BCUT2D eigenvalue weighted by molar-refractivity contribution is -0.919. The van der Waals surface area contributed by atoms with Crippen molar-refractivity contribution in [1.29, 1.82) is 0 Å². The molecule has 0 aliphatic carbocycles. The number of ketones is 1. The molecular formula is C38H60N3O3+. The maximum absolute atomic E-state index is 13.3. The highest BCUT2D eigenvalue weighted by atomic mass is 16.5. The fourth-order valence-electron chi connectivity index (χ4n) is 7.14. The summed E-state index contributed by atoms with van der Waals surface area (Å²) < 4.78 is 6.45. The fourth-order valence-corrected chi connectivity index (χ4v) is 7.14. The third-order valence-electron chi connectivity index (χ3n) is 9.82. The van der Waals surface area contributed by atoms with Gasteiger partial charge in [0.15, 0.2) is 5.78 Å². The molecule has 1 saturated heterocycles. The van der Waals surface area contributed by atoms with Gasteiger partial charge < -0.3 is 14.5 Å². The van der Waals surface area contributed by atoms with Crippen LogP contribution < -0.4 is 10.1 Å². The van der Waals surface area contributed by atoms with E-state index in [0.717, 1.165) is 96.6 Å². The number of methoxy groups -OCH3 is 1. The second-order valence-electron chi connectivity index (χ2n) is 13.2. The minimum atomic E-state index is -0.0177. The van der Waals surface area contributed by atoms with Crippen LogP contribution in [0.3, 0.4) is 0 Å². The molecule has 0 saturated carbocycles. The van der Waals surface area contributed by atoms with Crippen LogP contribution in [0.4, 0.5) is 5.69 Å². The number of hydrogen-bond donors (Lipinski definition) is 1. The van der Waals surface area contributed by atoms with Gasteiger partial charge in [0.1, 0.15) is 12.3 Å². The fraction of sp³-hybridized carbons (Fsp3) is 0.632. The van der Waals surface area contributed by atoms with E-state index in [4.69, 9.17) is 4.74 Å². The number of benzene rings is 2. The molecule has 2 atom stereocenters. The Labute approximate surface area is 268 Å². The molecule has 2 unspecified atom stereocenters. The minimum absolute atomic E-state index is 0.0177. The van der Waals surface area contributed by atoms with Crippen molar-refractivity contribution in [2.45, 2.75) is 111 Å². The predicted octanol–water partition coefficient (Wildman–Crippen LogP) is 7.81. The summed E-state index contributed by atoms with van der Waals surface area (Å²) in [6.45, 7) is 16.4. The van der Waals surface area contributed by atoms with Crippen LogP contribution in [-0.4, -0.2) is 73.5 Å². The van der Waals surface area contributed by atoms with Crippen LogP contribution in [-0.2, 0) is 16.0 Å². The van der Waals surface area contributed by atoms with Crippen molar-refractivity contribution in [1.82, 2.24) is 4.90 Å². The molecular weight excluding hydrogens is 546 g/mol. The first-order valence-corrected chi connectivity index (χ1v) is 17.3. The molecule has 6 heteroatoms. The summed E-state index contributed by atoms with van der Waals surface area (Å²) in [6.07, 6.45) is 12.0. The SMILES string of the molecule is CCC[N+](CC)(CCCCCCCCN1CCCCC1C(=O)Nc1c(C)cccc1C)CC(=O)Cc1c(C)cccc1OC. The number of ether oxygens (including phenoxy) is 1. The summed E-state index contributed by atoms with van der Waals surface area (Å²) in [5.41, 5.74) is 5.38. The van der Waals surface area contributed by atoms with Crippen LogP contribution >= 0.6 is 0 Å². The van der Waals surface area contributed by atoms with E-state index in [0.29, 0.717) is 18.7 Å². The monoisotopic (exact) mass is 606 g/mol. The van der Waals surface area contributed by atoms with Gasteiger partial charge in [-0.2, -0.15) is 0 Å². The molecule has 1 fully saturated rings. The number of rotatable bonds is 19. The number of quaternary nitrogens is 1. The summed E-state index contributed by atoms with van der Waals surface area (Å²) in [7, 11) is 1.68. The number of nitrogens with zero attached hydrogens (tertiary/aromatic N) is 2. The van der Waals surface area contributed by atoms with Crippen molar-refractivity contribution >= 4 is 17.4 Å². The zero-order valence-electron chi connectivity index (χ0n) is 28.7. The van der Waals surface area contributed by atoms with Gasteiger partial charge in [-0.1, -0.05) is 62.9 Å². The quantitative estimate of drug-likeness (QED) is 0.131. The third-order valence-corrected chi connectivity index (χ3v) is 9.82. The molecule has 2 aromatic rings. The van der Waals surface area contributed by atoms with Gasteiger partial charge in [-0.3, -0.25) is 14.5 Å². The van der Waals surface area contributed by atoms with Crippen molar-refractivity contribution in [3.8, 4) is 5.75 Å². The highest BCUT2D eigenvalue weighted by Gasteiger charge is 2.30. The third kappa shape index (κ3) is 10.4. The standard InChI is InChI=1S/C38H59N3O3/c1-7-26-41(8-2,29-33(42)28-34-30(3)19-18-23-36(34)44-6)27-16-12-10-9-11-14-24-40-25-15-13-22-35(40)38(43)39-37-31(4)20-17-21-32(37)5/h17-21,23,35H,7-16,22,24-29H2,1-6H3/p+1. The highest BCUT2D eigenvalue weighted by molar-refractivity contribution is 5.96. The number of para-hydroxylation sites is 1. The number of carbonyl (C=O) groups excluding carboxylic acids is 2. The second-order valence-corrected chi connectivity index (χ2v) is 13.2. The summed E-state index contributed by atoms with van der Waals surface area (Å²) in [4.78, 5) is 29.0. The largest absolute Gasteiger partial charge is 0.496 e. The number of piperidine rings is 1. The molecule has 1 aliphatic rings. The van der Waals surface area contributed by atoms with Crippen molar-refractivity contribution in [3.05, 3.63) is 58.7 Å². The molecule has 0 bridgehead atoms. The number of anilines is 1. The van der Waals surface area contributed by atoms with Crippen molar-refractivity contribution in [2.24, 2.45) is 0 Å². The Kier molecular flexibility index (Phi) is 14.9. The number of Topliss-reactive ketones (excluding diaryl/α,β-unsaturated/α-hetero) is 1. The number of aryl methyl sites for hydroxylation is 3. The van der Waals surface area contributed by atoms with E-state index < -0.39 is 0 Å². The van der Waals surface area contributed by atoms with E-state index in [1.54, 1.807) is 7.11 Å². The lowest BCUT2D eigenvalue weighted by atomic mass is 9.99. The molecule has 1 N–H and O–H groups in total. The van der Waals surface area contributed by atoms with E-state index in [1.807, 2.05) is 18.2 Å². The lowest BCUT2D eigenvalue weighted by Gasteiger charge is -2.37. The van der Waals surface area contributed by atoms with Gasteiger partial charge in [-0.15, -0.1) is 0 Å². The molecule has 2 aromatic carbocycles. The molecule has 1 aliphatic heterocycles. The predicted molar refractivity (Wildman–Crippen MR) is 184 cm³/mol. The average Bonchev–Trinajstić information content (AvgIpc) is 3.01. The van der Waals surface area contributed by atoms with Crippen molar-refractivity contribution < 1.29 is 18.8 Å². The van der Waals surface area contributed by atoms with Gasteiger partial charge in [0.2, 0.25) is 5.91 Å². The van der Waals surface area contributed by atoms with Crippen molar-refractivity contribution in [2.75, 3.05) is 51.7 Å². The Hall–Kier alpha value is -2.70. The molecule has 0 radical (unpaired) electrons. The summed E-state index contributed by atoms with van der Waals surface area (Å²) in [5, 5.41) is 3.25. The van der Waals surface area contributed by atoms with Gasteiger partial charge in [-0.05, 0) is 102 Å². The first-order valence-electron chi connectivity index (χ1n) is 17.3. The Bertz CT molecular complexity index is 1180. The minimum Gasteiger partial charge on any atom is -0.496 e. The van der Waals surface area contributed by atoms with Crippen molar-refractivity contribution in [3.63, 3.8) is 0 Å². The number of likely N-dealkylation sites (tertiary alicyclic amines) is 1. The van der Waals surface area contributed by atoms with E-state index in [2.05, 4.69) is 63.0 Å². The van der Waals surface area contributed by atoms with Gasteiger partial charge in [0.25, 0.3) is 0 Å². The van der Waals surface area contributed by atoms with E-state index in [1.165, 1.54) is 38.5 Å². The Morgan fingerprint density at radius 1 is 0.886 bits per heavy atom. The van der Waals surface area contributed by atoms with E-state index in [9.17, 15) is 9.59 Å². The topological polar surface area (TPSA) is 58.6 Å². The Balaban J connectivity index is 1.40. The molecule has 244 valence electrons. The number of likely N-dealkylation sites (N-methyl/N-ethyl adjacent to an activating group) is 1. The summed E-state index contributed by atoms with van der Waals surface area (Å²) >= 11 is 0. The molecule has 6 nitrogen and oxygen atoms in total. The molecule has 44 heavy (non-hydrogen) atoms. The highest BCUT2D eigenvalue weighted by Crippen LogP contribution is 2.25. The summed E-state index contributed by atoms with van der Waals surface area (Å²) in [5.74, 6) is 1.29. The first-order chi connectivity index (χ1) is 21.2. The Morgan fingerprint density at radius 3 is 2.23 bits per heavy atom. The number of hydrogen-bond acceptors (Lipinski definition) is 4. The molecule has 0 aromatic heterocycles. The van der Waals surface area contributed by atoms with E-state index in [-0.39, 0.29) is 11.9 Å². The zero-order valence-corrected chi connectivity index (χ0v) is 28.7. The van der Waals surface area contributed by atoms with Gasteiger partial charge in [0.05, 0.1) is 32.8 Å². The van der Waals surface area contributed by atoms with Gasteiger partial charge >= 0.3 is 0 Å².